The number of carbonyl (C=O) groups is 6. The topological polar surface area (TPSA) is 302 Å². The van der Waals surface area contributed by atoms with Crippen molar-refractivity contribution in [1.29, 1.82) is 5.26 Å². The zero-order valence-corrected chi connectivity index (χ0v) is 62.3. The number of imide groups is 3. The summed E-state index contributed by atoms with van der Waals surface area (Å²) in [6, 6.07) is 44.5. The molecule has 3 aliphatic rings. The summed E-state index contributed by atoms with van der Waals surface area (Å²) in [5, 5.41) is 19.2. The van der Waals surface area contributed by atoms with Gasteiger partial charge in [0.05, 0.1) is 98.4 Å². The van der Waals surface area contributed by atoms with E-state index in [-0.39, 0.29) is 115 Å². The predicted molar refractivity (Wildman–Crippen MR) is 389 cm³/mol. The first-order chi connectivity index (χ1) is 48.1. The van der Waals surface area contributed by atoms with Crippen LogP contribution in [-0.2, 0) is 66.5 Å². The Morgan fingerprint density at radius 3 is 1.20 bits per heavy atom. The van der Waals surface area contributed by atoms with E-state index in [0.717, 1.165) is 36.1 Å². The Morgan fingerprint density at radius 2 is 0.816 bits per heavy atom. The van der Waals surface area contributed by atoms with E-state index < -0.39 is 65.5 Å². The Bertz CT molecular complexity index is 5420. The second-order valence-electron chi connectivity index (χ2n) is 27.5. The van der Waals surface area contributed by atoms with Crippen LogP contribution in [0.3, 0.4) is 0 Å². The molecule has 0 unspecified atom stereocenters. The maximum atomic E-state index is 13.4. The highest BCUT2D eigenvalue weighted by molar-refractivity contribution is 7.93. The molecule has 2 aromatic heterocycles. The molecule has 9 aromatic rings. The van der Waals surface area contributed by atoms with Crippen LogP contribution >= 0.6 is 34.8 Å². The van der Waals surface area contributed by atoms with Crippen LogP contribution in [0.15, 0.2) is 191 Å². The number of hydrogen-bond donors (Lipinski definition) is 4. The molecule has 3 aliphatic heterocycles. The van der Waals surface area contributed by atoms with E-state index in [1.165, 1.54) is 79.0 Å². The molecule has 0 atom stereocenters. The lowest BCUT2D eigenvalue weighted by Gasteiger charge is -2.19. The van der Waals surface area contributed by atoms with Crippen LogP contribution in [0.25, 0.3) is 0 Å². The Hall–Kier alpha value is -10.3. The predicted octanol–water partition coefficient (Wildman–Crippen LogP) is 13.2. The lowest BCUT2D eigenvalue weighted by molar-refractivity contribution is -0.910. The summed E-state index contributed by atoms with van der Waals surface area (Å²) in [4.78, 5) is 82.2. The van der Waals surface area contributed by atoms with Gasteiger partial charge in [-0.2, -0.15) is 5.26 Å². The molecule has 4 N–H and O–H groups in total. The number of carbonyl (C=O) groups excluding carboxylic acids is 6. The summed E-state index contributed by atoms with van der Waals surface area (Å²) >= 11 is 18.8. The summed E-state index contributed by atoms with van der Waals surface area (Å²) in [6.45, 7) is 19.7. The van der Waals surface area contributed by atoms with Crippen LogP contribution in [0.4, 0.5) is 22.7 Å². The average Bonchev–Trinajstić information content (AvgIpc) is 1.61. The number of benzene rings is 7. The minimum Gasteiger partial charge on any atom is -0.285 e. The number of halogens is 3. The highest BCUT2D eigenvalue weighted by atomic mass is 35.5. The first-order valence-electron chi connectivity index (χ1n) is 31.8. The van der Waals surface area contributed by atoms with Gasteiger partial charge in [-0.15, -0.1) is 0 Å². The number of amides is 6. The number of anilines is 4. The summed E-state index contributed by atoms with van der Waals surface area (Å²) in [6.07, 6.45) is 3.17. The molecule has 103 heavy (non-hydrogen) atoms. The maximum absolute atomic E-state index is 13.4. The molecule has 0 spiro atoms. The Balaban J connectivity index is 0.000000166. The Labute approximate surface area is 611 Å². The van der Waals surface area contributed by atoms with Crippen LogP contribution in [0.2, 0.25) is 15.1 Å². The van der Waals surface area contributed by atoms with E-state index >= 15 is 0 Å². The second kappa shape index (κ2) is 28.5. The van der Waals surface area contributed by atoms with Crippen LogP contribution in [0.5, 0.6) is 0 Å². The fraction of sp³-hybridized carbons (Fsp3) is 0.213. The molecule has 530 valence electrons. The Kier molecular flexibility index (Phi) is 20.8. The van der Waals surface area contributed by atoms with E-state index in [9.17, 15) is 59.2 Å². The van der Waals surface area contributed by atoms with Crippen LogP contribution in [0.1, 0.15) is 164 Å². The van der Waals surface area contributed by atoms with Gasteiger partial charge >= 0.3 is 0 Å². The first-order valence-corrected chi connectivity index (χ1v) is 37.4. The molecule has 7 aromatic carbocycles. The van der Waals surface area contributed by atoms with E-state index in [1.54, 1.807) is 116 Å². The van der Waals surface area contributed by atoms with E-state index in [2.05, 4.69) is 14.2 Å². The van der Waals surface area contributed by atoms with Crippen LogP contribution in [-0.4, -0.2) is 75.7 Å². The van der Waals surface area contributed by atoms with Crippen molar-refractivity contribution in [2.24, 2.45) is 7.05 Å². The lowest BCUT2D eigenvalue weighted by Crippen LogP contribution is -2.40. The van der Waals surface area contributed by atoms with Crippen molar-refractivity contribution in [3.63, 3.8) is 0 Å². The van der Waals surface area contributed by atoms with Gasteiger partial charge in [-0.1, -0.05) is 146 Å². The van der Waals surface area contributed by atoms with Gasteiger partial charge < -0.3 is 0 Å². The van der Waals surface area contributed by atoms with E-state index in [4.69, 9.17) is 40.1 Å². The number of aryl methyl sites for hydroxylation is 1. The van der Waals surface area contributed by atoms with Gasteiger partial charge in [0, 0.05) is 29.9 Å². The molecule has 0 saturated heterocycles. The van der Waals surface area contributed by atoms with Gasteiger partial charge in [0.25, 0.3) is 71.2 Å². The third-order valence-electron chi connectivity index (χ3n) is 17.3. The van der Waals surface area contributed by atoms with Gasteiger partial charge in [0.1, 0.15) is 19.3 Å². The Morgan fingerprint density at radius 1 is 0.447 bits per heavy atom. The summed E-state index contributed by atoms with van der Waals surface area (Å²) in [5.41, 5.74) is 4.30. The van der Waals surface area contributed by atoms with E-state index in [1.807, 2.05) is 68.4 Å². The number of nitriles is 1. The fourth-order valence-corrected chi connectivity index (χ4v) is 15.4. The quantitative estimate of drug-likeness (QED) is 0.0447. The van der Waals surface area contributed by atoms with Gasteiger partial charge in [-0.05, 0) is 136 Å². The number of sulfonamides is 3. The minimum absolute atomic E-state index is 0.00175. The number of pyridine rings is 2. The minimum atomic E-state index is -4.05. The SMILES string of the molecule is CC(C)(C)c1ccc(S(=O)(=O)Nc2ccc(Cl)c3c2C(=O)N(Cc2cccc(C#N)c2)C3=O)cc1.CC(C)(C)c1ccc(S(=O)(=O)Nc2ccc(Cl)c3c2C(=O)N(Cc2cccc[n+]2O)C3=O)cc1.Cc1c(N2C(=O)c3c(Cl)ccc(NS(=O)(=O)c4ccc(C(C)(C)C)cc4)c3C2=O)ccc[n+]1C. The van der Waals surface area contributed by atoms with Crippen molar-refractivity contribution >= 4 is 123 Å². The average molecular weight is 1510 g/mol. The van der Waals surface area contributed by atoms with Crippen molar-refractivity contribution < 1.29 is 68.5 Å². The molecular weight excluding hydrogens is 1440 g/mol. The van der Waals surface area contributed by atoms with Gasteiger partial charge in [0.15, 0.2) is 6.20 Å². The van der Waals surface area contributed by atoms with E-state index in [0.29, 0.717) is 22.5 Å². The van der Waals surface area contributed by atoms with Crippen molar-refractivity contribution in [1.82, 2.24) is 9.80 Å². The molecule has 0 bridgehead atoms. The molecule has 0 saturated carbocycles. The monoisotopic (exact) mass is 1510 g/mol. The molecule has 0 fully saturated rings. The molecule has 22 nitrogen and oxygen atoms in total. The number of hydrogen-bond acceptors (Lipinski definition) is 14. The smallest absolute Gasteiger partial charge is 0.268 e. The number of rotatable bonds is 14. The third kappa shape index (κ3) is 15.4. The summed E-state index contributed by atoms with van der Waals surface area (Å²) in [5.74, 6) is -3.94. The zero-order chi connectivity index (χ0) is 75.4. The molecule has 0 radical (unpaired) electrons. The molecule has 12 rings (SSSR count). The lowest BCUT2D eigenvalue weighted by atomic mass is 9.87. The standard InChI is InChI=1S/C26H22ClN3O4S.C25H24ClN3O4S.C24H22ClN3O5S/c1-26(2,3)18-7-9-19(10-8-18)35(33,34)29-21-12-11-20(27)22-23(21)25(32)30(24(22)31)15-17-6-4-5-16(13-17)14-28;1-15-20(7-6-14-28(15)5)29-23(30)21-18(26)12-13-19(22(21)24(29)31)27-34(32,33)17-10-8-16(9-11-17)25(2,3)4;1-24(2,3)15-7-9-17(10-8-15)34(32,33)26-19-12-11-18(25)20-21(19)23(30)27(22(20)29)14-16-6-4-5-13-28(16)31/h4-13,29H,15H2,1-3H3;6-14H,1-5H3;4-13H,14H2,1-3H3,(H-,26,30,31)/p+2. The summed E-state index contributed by atoms with van der Waals surface area (Å²) in [7, 11) is -10.3. The molecular formula is C75H70Cl3N9O13S3+2. The molecule has 5 heterocycles. The number of aromatic nitrogens is 2. The molecule has 0 aliphatic carbocycles. The largest absolute Gasteiger partial charge is 0.285 e. The highest BCUT2D eigenvalue weighted by Crippen LogP contribution is 2.41. The normalized spacial score (nSPS) is 13.7. The fourth-order valence-electron chi connectivity index (χ4n) is 11.4. The zero-order valence-electron chi connectivity index (χ0n) is 57.5. The number of nitrogens with zero attached hydrogens (tertiary/aromatic N) is 6. The number of nitrogens with one attached hydrogen (secondary N) is 3. The number of fused-ring (bicyclic) bond motifs is 3. The highest BCUT2D eigenvalue weighted by Gasteiger charge is 2.45. The van der Waals surface area contributed by atoms with Gasteiger partial charge in [0.2, 0.25) is 11.9 Å². The summed E-state index contributed by atoms with van der Waals surface area (Å²) < 4.78 is 88.5. The van der Waals surface area contributed by atoms with Crippen molar-refractivity contribution in [2.45, 2.75) is 113 Å². The van der Waals surface area contributed by atoms with Crippen molar-refractivity contribution in [2.75, 3.05) is 19.1 Å². The van der Waals surface area contributed by atoms with Crippen LogP contribution in [0, 0.1) is 18.3 Å². The third-order valence-corrected chi connectivity index (χ3v) is 22.4. The van der Waals surface area contributed by atoms with Crippen LogP contribution < -0.4 is 28.4 Å². The first kappa shape index (κ1) is 75.3. The van der Waals surface area contributed by atoms with Crippen molar-refractivity contribution in [3.8, 4) is 6.07 Å². The molecule has 28 heteroatoms. The van der Waals surface area contributed by atoms with Gasteiger partial charge in [-0.3, -0.25) is 57.9 Å². The maximum Gasteiger partial charge on any atom is 0.268 e. The molecule has 6 amide bonds. The van der Waals surface area contributed by atoms with Gasteiger partial charge in [-0.25, -0.2) is 34.7 Å². The van der Waals surface area contributed by atoms with Crippen molar-refractivity contribution in [3.05, 3.63) is 264 Å². The second-order valence-corrected chi connectivity index (χ2v) is 33.7.